The van der Waals surface area contributed by atoms with Crippen molar-refractivity contribution in [1.82, 2.24) is 0 Å². The minimum Gasteiger partial charge on any atom is -0.507 e. The largest absolute Gasteiger partial charge is 0.507 e. The van der Waals surface area contributed by atoms with E-state index >= 15 is 0 Å². The Morgan fingerprint density at radius 2 is 1.94 bits per heavy atom. The first kappa shape index (κ1) is 11.8. The van der Waals surface area contributed by atoms with Crippen LogP contribution in [0.1, 0.15) is 15.9 Å². The molecule has 0 bridgehead atoms. The predicted octanol–water partition coefficient (Wildman–Crippen LogP) is 0.895. The number of anilines is 1. The molecular formula is C10H11NO5. The molecular weight excluding hydrogens is 214 g/mol. The fourth-order valence-electron chi connectivity index (χ4n) is 1.23. The summed E-state index contributed by atoms with van der Waals surface area (Å²) in [6, 6.07) is 2.48. The van der Waals surface area contributed by atoms with Crippen molar-refractivity contribution in [3.05, 3.63) is 23.3 Å². The van der Waals surface area contributed by atoms with Gasteiger partial charge in [-0.3, -0.25) is 4.79 Å². The maximum atomic E-state index is 10.7. The Hall–Kier alpha value is -2.24. The molecule has 0 amide bonds. The first-order chi connectivity index (χ1) is 7.41. The molecule has 4 N–H and O–H groups in total. The van der Waals surface area contributed by atoms with Gasteiger partial charge in [0.15, 0.2) is 0 Å². The first-order valence-corrected chi connectivity index (χ1v) is 4.44. The molecule has 0 aliphatic rings. The Labute approximate surface area is 91.1 Å². The monoisotopic (exact) mass is 225 g/mol. The van der Waals surface area contributed by atoms with Crippen LogP contribution >= 0.6 is 0 Å². The number of carboxylic acid groups (broad SMARTS) is 2. The zero-order valence-electron chi connectivity index (χ0n) is 8.52. The normalized spacial score (nSPS) is 9.81. The number of nitrogens with one attached hydrogen (secondary N) is 1. The maximum Gasteiger partial charge on any atom is 0.339 e. The van der Waals surface area contributed by atoms with Crippen LogP contribution in [0.15, 0.2) is 12.1 Å². The van der Waals surface area contributed by atoms with Crippen molar-refractivity contribution >= 4 is 17.6 Å². The lowest BCUT2D eigenvalue weighted by Crippen LogP contribution is -2.13. The van der Waals surface area contributed by atoms with Gasteiger partial charge in [0.25, 0.3) is 0 Å². The van der Waals surface area contributed by atoms with E-state index in [0.717, 1.165) is 0 Å². The van der Waals surface area contributed by atoms with Gasteiger partial charge in [-0.25, -0.2) is 4.79 Å². The van der Waals surface area contributed by atoms with Crippen LogP contribution in [0.2, 0.25) is 0 Å². The number of rotatable bonds is 4. The van der Waals surface area contributed by atoms with Gasteiger partial charge in [0.2, 0.25) is 0 Å². The van der Waals surface area contributed by atoms with Crippen LogP contribution in [0, 0.1) is 6.92 Å². The van der Waals surface area contributed by atoms with Crippen LogP contribution < -0.4 is 5.32 Å². The zero-order chi connectivity index (χ0) is 12.3. The average molecular weight is 225 g/mol. The van der Waals surface area contributed by atoms with Gasteiger partial charge in [0, 0.05) is 11.8 Å². The lowest BCUT2D eigenvalue weighted by Gasteiger charge is -2.09. The maximum absolute atomic E-state index is 10.7. The fraction of sp³-hybridized carbons (Fsp3) is 0.200. The molecule has 0 spiro atoms. The number of aryl methyl sites for hydroxylation is 1. The summed E-state index contributed by atoms with van der Waals surface area (Å²) in [6.45, 7) is 1.32. The fourth-order valence-corrected chi connectivity index (χ4v) is 1.23. The standard InChI is InChI=1S/C10H11NO5/c1-5-2-6(10(15)16)8(12)3-7(5)11-4-9(13)14/h2-3,11-12H,4H2,1H3,(H,13,14)(H,15,16). The Balaban J connectivity index is 3.01. The van der Waals surface area contributed by atoms with Crippen molar-refractivity contribution in [3.63, 3.8) is 0 Å². The van der Waals surface area contributed by atoms with Gasteiger partial charge in [0.05, 0.1) is 0 Å². The lowest BCUT2D eigenvalue weighted by molar-refractivity contribution is -0.134. The summed E-state index contributed by atoms with van der Waals surface area (Å²) in [6.07, 6.45) is 0. The first-order valence-electron chi connectivity index (χ1n) is 4.44. The van der Waals surface area contributed by atoms with Crippen molar-refractivity contribution < 1.29 is 24.9 Å². The highest BCUT2D eigenvalue weighted by Crippen LogP contribution is 2.25. The Morgan fingerprint density at radius 3 is 2.44 bits per heavy atom. The predicted molar refractivity (Wildman–Crippen MR) is 55.9 cm³/mol. The van der Waals surface area contributed by atoms with E-state index in [1.54, 1.807) is 6.92 Å². The molecule has 1 aromatic carbocycles. The Morgan fingerprint density at radius 1 is 1.31 bits per heavy atom. The van der Waals surface area contributed by atoms with Gasteiger partial charge in [-0.15, -0.1) is 0 Å². The highest BCUT2D eigenvalue weighted by atomic mass is 16.4. The average Bonchev–Trinajstić information content (AvgIpc) is 2.18. The molecule has 0 heterocycles. The van der Waals surface area contributed by atoms with E-state index in [0.29, 0.717) is 11.3 Å². The smallest absolute Gasteiger partial charge is 0.339 e. The van der Waals surface area contributed by atoms with E-state index in [2.05, 4.69) is 5.32 Å². The highest BCUT2D eigenvalue weighted by Gasteiger charge is 2.12. The highest BCUT2D eigenvalue weighted by molar-refractivity contribution is 5.92. The van der Waals surface area contributed by atoms with E-state index < -0.39 is 17.7 Å². The SMILES string of the molecule is Cc1cc(C(=O)O)c(O)cc1NCC(=O)O. The number of aromatic carboxylic acids is 1. The van der Waals surface area contributed by atoms with Crippen molar-refractivity contribution in [2.45, 2.75) is 6.92 Å². The van der Waals surface area contributed by atoms with E-state index in [-0.39, 0.29) is 12.1 Å². The van der Waals surface area contributed by atoms with E-state index in [1.165, 1.54) is 12.1 Å². The minimum absolute atomic E-state index is 0.210. The van der Waals surface area contributed by atoms with Crippen LogP contribution in [-0.2, 0) is 4.79 Å². The van der Waals surface area contributed by atoms with Gasteiger partial charge in [0.1, 0.15) is 17.9 Å². The summed E-state index contributed by atoms with van der Waals surface area (Å²) in [7, 11) is 0. The van der Waals surface area contributed by atoms with Gasteiger partial charge in [-0.2, -0.15) is 0 Å². The van der Waals surface area contributed by atoms with E-state index in [1.807, 2.05) is 0 Å². The molecule has 0 aliphatic carbocycles. The summed E-state index contributed by atoms with van der Waals surface area (Å²) < 4.78 is 0. The second-order valence-electron chi connectivity index (χ2n) is 3.24. The summed E-state index contributed by atoms with van der Waals surface area (Å²) in [5, 5.41) is 29.1. The van der Waals surface area contributed by atoms with Crippen molar-refractivity contribution in [2.75, 3.05) is 11.9 Å². The number of phenols is 1. The molecule has 0 saturated heterocycles. The molecule has 6 heteroatoms. The molecule has 6 nitrogen and oxygen atoms in total. The molecule has 1 rings (SSSR count). The van der Waals surface area contributed by atoms with Gasteiger partial charge >= 0.3 is 11.9 Å². The van der Waals surface area contributed by atoms with E-state index in [9.17, 15) is 14.7 Å². The number of carbonyl (C=O) groups is 2. The summed E-state index contributed by atoms with van der Waals surface area (Å²) in [4.78, 5) is 21.0. The topological polar surface area (TPSA) is 107 Å². The molecule has 1 aromatic rings. The zero-order valence-corrected chi connectivity index (χ0v) is 8.52. The molecule has 0 aliphatic heterocycles. The minimum atomic E-state index is -1.23. The number of hydrogen-bond donors (Lipinski definition) is 4. The summed E-state index contributed by atoms with van der Waals surface area (Å²) in [5.74, 6) is -2.67. The lowest BCUT2D eigenvalue weighted by atomic mass is 10.1. The summed E-state index contributed by atoms with van der Waals surface area (Å²) >= 11 is 0. The quantitative estimate of drug-likeness (QED) is 0.606. The van der Waals surface area contributed by atoms with Crippen LogP contribution in [0.5, 0.6) is 5.75 Å². The third-order valence-electron chi connectivity index (χ3n) is 2.00. The number of carboxylic acids is 2. The Bertz CT molecular complexity index is 441. The third kappa shape index (κ3) is 2.63. The van der Waals surface area contributed by atoms with Crippen molar-refractivity contribution in [1.29, 1.82) is 0 Å². The van der Waals surface area contributed by atoms with Crippen molar-refractivity contribution in [3.8, 4) is 5.75 Å². The summed E-state index contributed by atoms with van der Waals surface area (Å²) in [5.41, 5.74) is 0.736. The Kier molecular flexibility index (Phi) is 3.34. The van der Waals surface area contributed by atoms with Gasteiger partial charge in [-0.1, -0.05) is 0 Å². The number of benzene rings is 1. The number of aliphatic carboxylic acids is 1. The van der Waals surface area contributed by atoms with Crippen molar-refractivity contribution in [2.24, 2.45) is 0 Å². The molecule has 0 aromatic heterocycles. The van der Waals surface area contributed by atoms with Crippen LogP contribution in [0.25, 0.3) is 0 Å². The van der Waals surface area contributed by atoms with E-state index in [4.69, 9.17) is 10.2 Å². The molecule has 86 valence electrons. The van der Waals surface area contributed by atoms with Crippen LogP contribution in [0.3, 0.4) is 0 Å². The second kappa shape index (κ2) is 4.52. The number of hydrogen-bond acceptors (Lipinski definition) is 4. The molecule has 0 saturated carbocycles. The molecule has 0 radical (unpaired) electrons. The van der Waals surface area contributed by atoms with Crippen LogP contribution in [-0.4, -0.2) is 33.8 Å². The molecule has 0 atom stereocenters. The molecule has 0 unspecified atom stereocenters. The second-order valence-corrected chi connectivity index (χ2v) is 3.24. The third-order valence-corrected chi connectivity index (χ3v) is 2.00. The number of aromatic hydroxyl groups is 1. The molecule has 16 heavy (non-hydrogen) atoms. The van der Waals surface area contributed by atoms with Gasteiger partial charge in [-0.05, 0) is 18.6 Å². The molecule has 0 fully saturated rings. The van der Waals surface area contributed by atoms with Crippen LogP contribution in [0.4, 0.5) is 5.69 Å². The van der Waals surface area contributed by atoms with Gasteiger partial charge < -0.3 is 20.6 Å².